The summed E-state index contributed by atoms with van der Waals surface area (Å²) in [6.45, 7) is 2.21. The lowest BCUT2D eigenvalue weighted by molar-refractivity contribution is -0.142. The van der Waals surface area contributed by atoms with E-state index < -0.39 is 0 Å². The molecule has 0 aliphatic heterocycles. The zero-order valence-electron chi connectivity index (χ0n) is 11.3. The molecule has 0 saturated carbocycles. The first-order chi connectivity index (χ1) is 9.20. The molecule has 2 rings (SSSR count). The van der Waals surface area contributed by atoms with Crippen molar-refractivity contribution in [2.24, 2.45) is 7.05 Å². The van der Waals surface area contributed by atoms with Gasteiger partial charge in [-0.1, -0.05) is 30.3 Å². The van der Waals surface area contributed by atoms with Crippen molar-refractivity contribution < 1.29 is 9.53 Å². The Hall–Kier alpha value is -2.10. The highest BCUT2D eigenvalue weighted by atomic mass is 16.5. The van der Waals surface area contributed by atoms with E-state index in [1.165, 1.54) is 5.56 Å². The van der Waals surface area contributed by atoms with Crippen LogP contribution >= 0.6 is 0 Å². The Bertz CT molecular complexity index is 547. The van der Waals surface area contributed by atoms with Crippen LogP contribution < -0.4 is 0 Å². The molecule has 0 spiro atoms. The zero-order valence-corrected chi connectivity index (χ0v) is 11.3. The number of esters is 1. The van der Waals surface area contributed by atoms with Gasteiger partial charge in [0.25, 0.3) is 0 Å². The first kappa shape index (κ1) is 13.3. The maximum absolute atomic E-state index is 11.6. The van der Waals surface area contributed by atoms with Crippen LogP contribution in [-0.2, 0) is 29.4 Å². The van der Waals surface area contributed by atoms with Crippen LogP contribution in [0.15, 0.2) is 36.7 Å². The quantitative estimate of drug-likeness (QED) is 0.772. The van der Waals surface area contributed by atoms with Crippen LogP contribution in [0.4, 0.5) is 0 Å². The van der Waals surface area contributed by atoms with Crippen LogP contribution in [0, 0.1) is 0 Å². The van der Waals surface area contributed by atoms with Crippen molar-refractivity contribution in [3.63, 3.8) is 0 Å². The highest BCUT2D eigenvalue weighted by molar-refractivity contribution is 5.72. The summed E-state index contributed by atoms with van der Waals surface area (Å²) in [7, 11) is 1.94. The summed E-state index contributed by atoms with van der Waals surface area (Å²) in [5.74, 6) is -0.226. The number of benzene rings is 1. The molecule has 0 aliphatic rings. The van der Waals surface area contributed by atoms with E-state index in [9.17, 15) is 4.79 Å². The summed E-state index contributed by atoms with van der Waals surface area (Å²) in [6.07, 6.45) is 2.75. The molecule has 0 fully saturated rings. The number of hydrogen-bond acceptors (Lipinski definition) is 3. The third-order valence-corrected chi connectivity index (χ3v) is 2.98. The molecular formula is C15H18N2O2. The van der Waals surface area contributed by atoms with Crippen molar-refractivity contribution in [3.05, 3.63) is 53.6 Å². The summed E-state index contributed by atoms with van der Waals surface area (Å²) < 4.78 is 6.93. The summed E-state index contributed by atoms with van der Waals surface area (Å²) in [6, 6.07) is 10.2. The van der Waals surface area contributed by atoms with Crippen molar-refractivity contribution in [1.29, 1.82) is 0 Å². The van der Waals surface area contributed by atoms with Crippen LogP contribution in [0.1, 0.15) is 23.9 Å². The van der Waals surface area contributed by atoms with Crippen LogP contribution in [0.25, 0.3) is 0 Å². The predicted octanol–water partition coefficient (Wildman–Crippen LogP) is 2.12. The summed E-state index contributed by atoms with van der Waals surface area (Å²) in [5, 5.41) is 0. The maximum atomic E-state index is 11.6. The third kappa shape index (κ3) is 3.44. The number of rotatable bonds is 5. The van der Waals surface area contributed by atoms with Gasteiger partial charge in [-0.2, -0.15) is 0 Å². The lowest BCUT2D eigenvalue weighted by Gasteiger charge is -2.06. The molecule has 2 aromatic rings. The molecule has 1 heterocycles. The average Bonchev–Trinajstić information content (AvgIpc) is 2.73. The van der Waals surface area contributed by atoms with Crippen LogP contribution in [-0.4, -0.2) is 22.1 Å². The van der Waals surface area contributed by atoms with Gasteiger partial charge in [-0.3, -0.25) is 4.79 Å². The fraction of sp³-hybridized carbons (Fsp3) is 0.333. The van der Waals surface area contributed by atoms with Gasteiger partial charge in [0, 0.05) is 19.2 Å². The van der Waals surface area contributed by atoms with E-state index >= 15 is 0 Å². The van der Waals surface area contributed by atoms with Gasteiger partial charge < -0.3 is 9.30 Å². The number of aromatic nitrogens is 2. The minimum Gasteiger partial charge on any atom is -0.466 e. The van der Waals surface area contributed by atoms with Crippen molar-refractivity contribution in [2.45, 2.75) is 19.8 Å². The Morgan fingerprint density at radius 2 is 2.05 bits per heavy atom. The van der Waals surface area contributed by atoms with E-state index in [4.69, 9.17) is 4.74 Å². The van der Waals surface area contributed by atoms with E-state index in [-0.39, 0.29) is 12.4 Å². The summed E-state index contributed by atoms with van der Waals surface area (Å²) >= 11 is 0. The van der Waals surface area contributed by atoms with Gasteiger partial charge >= 0.3 is 5.97 Å². The standard InChI is InChI=1S/C15H18N2O2/c1-3-19-15(18)10-13-14(17(2)11-16-13)9-12-7-5-4-6-8-12/h4-8,11H,3,9-10H2,1-2H3. The largest absolute Gasteiger partial charge is 0.466 e. The second kappa shape index (κ2) is 6.18. The van der Waals surface area contributed by atoms with Crippen LogP contribution in [0.2, 0.25) is 0 Å². The molecule has 4 heteroatoms. The second-order valence-electron chi connectivity index (χ2n) is 4.39. The van der Waals surface area contributed by atoms with Gasteiger partial charge in [-0.25, -0.2) is 4.98 Å². The normalized spacial score (nSPS) is 10.4. The van der Waals surface area contributed by atoms with E-state index in [0.717, 1.165) is 17.8 Å². The van der Waals surface area contributed by atoms with Crippen molar-refractivity contribution in [3.8, 4) is 0 Å². The molecule has 0 aliphatic carbocycles. The van der Waals surface area contributed by atoms with E-state index in [1.54, 1.807) is 13.3 Å². The minimum absolute atomic E-state index is 0.226. The molecule has 0 radical (unpaired) electrons. The highest BCUT2D eigenvalue weighted by Crippen LogP contribution is 2.14. The van der Waals surface area contributed by atoms with Gasteiger partial charge in [0.1, 0.15) is 0 Å². The smallest absolute Gasteiger partial charge is 0.311 e. The van der Waals surface area contributed by atoms with Crippen LogP contribution in [0.3, 0.4) is 0 Å². The van der Waals surface area contributed by atoms with Gasteiger partial charge in [0.05, 0.1) is 25.0 Å². The fourth-order valence-electron chi connectivity index (χ4n) is 2.02. The molecule has 0 amide bonds. The SMILES string of the molecule is CCOC(=O)Cc1ncn(C)c1Cc1ccccc1. The Kier molecular flexibility index (Phi) is 4.34. The zero-order chi connectivity index (χ0) is 13.7. The van der Waals surface area contributed by atoms with E-state index in [0.29, 0.717) is 6.61 Å². The molecule has 4 nitrogen and oxygen atoms in total. The molecule has 100 valence electrons. The maximum Gasteiger partial charge on any atom is 0.311 e. The average molecular weight is 258 g/mol. The van der Waals surface area contributed by atoms with Crippen molar-refractivity contribution >= 4 is 5.97 Å². The van der Waals surface area contributed by atoms with Gasteiger partial charge in [0.15, 0.2) is 0 Å². The van der Waals surface area contributed by atoms with E-state index in [1.807, 2.05) is 29.8 Å². The molecule has 0 bridgehead atoms. The van der Waals surface area contributed by atoms with Crippen LogP contribution in [0.5, 0.6) is 0 Å². The summed E-state index contributed by atoms with van der Waals surface area (Å²) in [5.41, 5.74) is 3.06. The number of aryl methyl sites for hydroxylation is 1. The number of carbonyl (C=O) groups is 1. The molecule has 19 heavy (non-hydrogen) atoms. The lowest BCUT2D eigenvalue weighted by Crippen LogP contribution is -2.10. The van der Waals surface area contributed by atoms with Crippen molar-refractivity contribution in [2.75, 3.05) is 6.61 Å². The number of nitrogens with zero attached hydrogens (tertiary/aromatic N) is 2. The summed E-state index contributed by atoms with van der Waals surface area (Å²) in [4.78, 5) is 15.9. The molecule has 0 atom stereocenters. The molecular weight excluding hydrogens is 240 g/mol. The van der Waals surface area contributed by atoms with Gasteiger partial charge in [-0.15, -0.1) is 0 Å². The number of ether oxygens (including phenoxy) is 1. The molecule has 0 saturated heterocycles. The van der Waals surface area contributed by atoms with E-state index in [2.05, 4.69) is 17.1 Å². The monoisotopic (exact) mass is 258 g/mol. The van der Waals surface area contributed by atoms with Gasteiger partial charge in [-0.05, 0) is 12.5 Å². The number of hydrogen-bond donors (Lipinski definition) is 0. The Morgan fingerprint density at radius 1 is 1.32 bits per heavy atom. The second-order valence-corrected chi connectivity index (χ2v) is 4.39. The lowest BCUT2D eigenvalue weighted by atomic mass is 10.1. The van der Waals surface area contributed by atoms with Crippen molar-refractivity contribution in [1.82, 2.24) is 9.55 Å². The first-order valence-corrected chi connectivity index (χ1v) is 6.39. The molecule has 0 N–H and O–H groups in total. The van der Waals surface area contributed by atoms with Gasteiger partial charge in [0.2, 0.25) is 0 Å². The number of carbonyl (C=O) groups excluding carboxylic acids is 1. The Balaban J connectivity index is 2.16. The fourth-order valence-corrected chi connectivity index (χ4v) is 2.02. The first-order valence-electron chi connectivity index (χ1n) is 6.39. The molecule has 1 aromatic carbocycles. The third-order valence-electron chi connectivity index (χ3n) is 2.98. The highest BCUT2D eigenvalue weighted by Gasteiger charge is 2.13. The predicted molar refractivity (Wildman–Crippen MR) is 72.8 cm³/mol. The minimum atomic E-state index is -0.226. The Labute approximate surface area is 113 Å². The topological polar surface area (TPSA) is 44.1 Å². The number of imidazole rings is 1. The molecule has 0 unspecified atom stereocenters. The Morgan fingerprint density at radius 3 is 2.74 bits per heavy atom. The molecule has 1 aromatic heterocycles.